The maximum absolute atomic E-state index is 13.3. The minimum absolute atomic E-state index is 0.0311. The van der Waals surface area contributed by atoms with Crippen molar-refractivity contribution in [2.24, 2.45) is 0 Å². The zero-order valence-electron chi connectivity index (χ0n) is 21.1. The quantitative estimate of drug-likeness (QED) is 0.0878. The van der Waals surface area contributed by atoms with Crippen molar-refractivity contribution in [2.45, 2.75) is 0 Å². The van der Waals surface area contributed by atoms with Crippen LogP contribution in [0.15, 0.2) is 84.9 Å². The molecule has 0 bridgehead atoms. The van der Waals surface area contributed by atoms with Crippen molar-refractivity contribution < 1.29 is 38.4 Å². The van der Waals surface area contributed by atoms with Gasteiger partial charge in [0, 0.05) is 12.1 Å². The van der Waals surface area contributed by atoms with Crippen LogP contribution in [0.3, 0.4) is 0 Å². The molecule has 0 aliphatic rings. The van der Waals surface area contributed by atoms with E-state index < -0.39 is 45.0 Å². The summed E-state index contributed by atoms with van der Waals surface area (Å²) in [6.45, 7) is 0. The third kappa shape index (κ3) is 8.34. The second-order valence-electron chi connectivity index (χ2n) is 8.04. The van der Waals surface area contributed by atoms with Gasteiger partial charge in [-0.3, -0.25) is 20.2 Å². The average Bonchev–Trinajstić information content (AvgIpc) is 2.93. The molecule has 4 rings (SSSR count). The van der Waals surface area contributed by atoms with Gasteiger partial charge in [-0.25, -0.2) is 18.4 Å². The van der Waals surface area contributed by atoms with Crippen molar-refractivity contribution in [3.8, 4) is 11.5 Å². The molecule has 6 N–H and O–H groups in total. The topological polar surface area (TPSA) is 209 Å². The molecule has 0 heterocycles. The molecule has 0 aliphatic carbocycles. The Kier molecular flexibility index (Phi) is 9.82. The molecule has 0 atom stereocenters. The minimum Gasteiger partial charge on any atom is -0.506 e. The summed E-state index contributed by atoms with van der Waals surface area (Å²) >= 11 is 0. The Balaban J connectivity index is 0.000000230. The monoisotopic (exact) mass is 582 g/mol. The van der Waals surface area contributed by atoms with Crippen LogP contribution in [-0.4, -0.2) is 32.1 Å². The third-order valence-electron chi connectivity index (χ3n) is 5.12. The molecule has 216 valence electrons. The number of hydrogen-bond acceptors (Lipinski definition) is 8. The van der Waals surface area contributed by atoms with Crippen LogP contribution < -0.4 is 21.3 Å². The lowest BCUT2D eigenvalue weighted by Crippen LogP contribution is -2.20. The number of nitrogens with one attached hydrogen (secondary N) is 4. The normalized spacial score (nSPS) is 9.95. The van der Waals surface area contributed by atoms with Gasteiger partial charge in [0.25, 0.3) is 11.4 Å². The fourth-order valence-electron chi connectivity index (χ4n) is 3.16. The highest BCUT2D eigenvalue weighted by molar-refractivity contribution is 6.01. The van der Waals surface area contributed by atoms with Crippen LogP contribution in [0.1, 0.15) is 0 Å². The Morgan fingerprint density at radius 1 is 0.571 bits per heavy atom. The van der Waals surface area contributed by atoms with Crippen molar-refractivity contribution in [1.29, 1.82) is 0 Å². The molecular weight excluding hydrogens is 562 g/mol. The Morgan fingerprint density at radius 3 is 1.21 bits per heavy atom. The highest BCUT2D eigenvalue weighted by Gasteiger charge is 2.14. The molecule has 0 unspecified atom stereocenters. The summed E-state index contributed by atoms with van der Waals surface area (Å²) in [7, 11) is 0. The number of halogens is 2. The maximum atomic E-state index is 13.3. The number of urea groups is 2. The number of rotatable bonds is 6. The second-order valence-corrected chi connectivity index (χ2v) is 8.04. The van der Waals surface area contributed by atoms with Crippen molar-refractivity contribution in [3.05, 3.63) is 117 Å². The predicted octanol–water partition coefficient (Wildman–Crippen LogP) is 6.17. The summed E-state index contributed by atoms with van der Waals surface area (Å²) in [4.78, 5) is 43.0. The first-order valence-electron chi connectivity index (χ1n) is 11.5. The van der Waals surface area contributed by atoms with Crippen LogP contribution in [-0.2, 0) is 0 Å². The number of phenols is 2. The van der Waals surface area contributed by atoms with E-state index in [-0.39, 0.29) is 34.1 Å². The largest absolute Gasteiger partial charge is 0.506 e. The van der Waals surface area contributed by atoms with Gasteiger partial charge >= 0.3 is 12.1 Å². The SMILES string of the molecule is O=C(Nc1ccc([N+](=O)[O-])cc1O)Nc1ccccc1F.O=C(Nc1ccc([N+](=O)[O-])cc1O)Nc1ccccc1F. The van der Waals surface area contributed by atoms with Crippen LogP contribution in [0, 0.1) is 31.9 Å². The van der Waals surface area contributed by atoms with Crippen LogP contribution in [0.4, 0.5) is 52.5 Å². The fraction of sp³-hybridized carbons (Fsp3) is 0. The van der Waals surface area contributed by atoms with E-state index >= 15 is 0 Å². The number of non-ortho nitro benzene ring substituents is 2. The number of nitrogens with zero attached hydrogens (tertiary/aromatic N) is 2. The first kappa shape index (κ1) is 30.2. The summed E-state index contributed by atoms with van der Waals surface area (Å²) in [6, 6.07) is 15.9. The Morgan fingerprint density at radius 2 is 0.905 bits per heavy atom. The lowest BCUT2D eigenvalue weighted by atomic mass is 10.2. The molecule has 42 heavy (non-hydrogen) atoms. The highest BCUT2D eigenvalue weighted by Crippen LogP contribution is 2.29. The van der Waals surface area contributed by atoms with Crippen molar-refractivity contribution in [3.63, 3.8) is 0 Å². The van der Waals surface area contributed by atoms with Gasteiger partial charge in [0.2, 0.25) is 0 Å². The molecule has 16 heteroatoms. The Hall–Kier alpha value is -6.32. The molecule has 0 aliphatic heterocycles. The summed E-state index contributed by atoms with van der Waals surface area (Å²) in [5.41, 5.74) is -0.753. The number of amides is 4. The van der Waals surface area contributed by atoms with Crippen molar-refractivity contribution in [1.82, 2.24) is 0 Å². The van der Waals surface area contributed by atoms with Gasteiger partial charge in [0.05, 0.1) is 44.7 Å². The first-order valence-corrected chi connectivity index (χ1v) is 11.5. The molecule has 0 fully saturated rings. The number of nitro benzene ring substituents is 2. The van der Waals surface area contributed by atoms with Crippen LogP contribution in [0.5, 0.6) is 11.5 Å². The van der Waals surface area contributed by atoms with Gasteiger partial charge in [-0.05, 0) is 36.4 Å². The number of anilines is 4. The molecule has 0 radical (unpaired) electrons. The lowest BCUT2D eigenvalue weighted by Gasteiger charge is -2.09. The second kappa shape index (κ2) is 13.7. The van der Waals surface area contributed by atoms with Gasteiger partial charge < -0.3 is 31.5 Å². The van der Waals surface area contributed by atoms with E-state index in [1.54, 1.807) is 12.1 Å². The minimum atomic E-state index is -0.788. The average molecular weight is 582 g/mol. The number of para-hydroxylation sites is 2. The molecule has 0 saturated carbocycles. The molecule has 0 aromatic heterocycles. The molecule has 14 nitrogen and oxygen atoms in total. The molecule has 4 aromatic rings. The van der Waals surface area contributed by atoms with E-state index in [1.165, 1.54) is 48.5 Å². The lowest BCUT2D eigenvalue weighted by molar-refractivity contribution is -0.385. The summed E-state index contributed by atoms with van der Waals surface area (Å²) in [5, 5.41) is 49.2. The zero-order valence-corrected chi connectivity index (χ0v) is 21.1. The van der Waals surface area contributed by atoms with Gasteiger partial charge in [0.15, 0.2) is 0 Å². The molecular formula is C26H20F2N6O8. The van der Waals surface area contributed by atoms with E-state index in [9.17, 15) is 48.8 Å². The smallest absolute Gasteiger partial charge is 0.323 e. The van der Waals surface area contributed by atoms with Gasteiger partial charge in [-0.2, -0.15) is 0 Å². The highest BCUT2D eigenvalue weighted by atomic mass is 19.1. The zero-order chi connectivity index (χ0) is 30.8. The molecule has 0 saturated heterocycles. The molecule has 0 spiro atoms. The number of benzene rings is 4. The van der Waals surface area contributed by atoms with Gasteiger partial charge in [-0.15, -0.1) is 0 Å². The maximum Gasteiger partial charge on any atom is 0.323 e. The van der Waals surface area contributed by atoms with Gasteiger partial charge in [-0.1, -0.05) is 24.3 Å². The summed E-state index contributed by atoms with van der Waals surface area (Å²) in [5.74, 6) is -2.15. The van der Waals surface area contributed by atoms with E-state index in [0.29, 0.717) is 0 Å². The van der Waals surface area contributed by atoms with Crippen LogP contribution in [0.25, 0.3) is 0 Å². The number of aromatic hydroxyl groups is 2. The third-order valence-corrected chi connectivity index (χ3v) is 5.12. The number of phenolic OH excluding ortho intramolecular Hbond substituents is 2. The van der Waals surface area contributed by atoms with Crippen molar-refractivity contribution in [2.75, 3.05) is 21.3 Å². The van der Waals surface area contributed by atoms with E-state index in [0.717, 1.165) is 24.3 Å². The number of hydrogen-bond donors (Lipinski definition) is 6. The Bertz CT molecular complexity index is 1530. The number of carbonyl (C=O) groups excluding carboxylic acids is 2. The first-order chi connectivity index (χ1) is 19.9. The van der Waals surface area contributed by atoms with Crippen molar-refractivity contribution >= 4 is 46.2 Å². The van der Waals surface area contributed by atoms with Gasteiger partial charge in [0.1, 0.15) is 23.1 Å². The summed E-state index contributed by atoms with van der Waals surface area (Å²) in [6.07, 6.45) is 0. The number of carbonyl (C=O) groups is 2. The fourth-order valence-corrected chi connectivity index (χ4v) is 3.16. The Labute approximate surface area is 234 Å². The van der Waals surface area contributed by atoms with Crippen LogP contribution >= 0.6 is 0 Å². The van der Waals surface area contributed by atoms with Crippen LogP contribution in [0.2, 0.25) is 0 Å². The molecule has 4 aromatic carbocycles. The van der Waals surface area contributed by atoms with E-state index in [4.69, 9.17) is 0 Å². The summed E-state index contributed by atoms with van der Waals surface area (Å²) < 4.78 is 26.7. The van der Waals surface area contributed by atoms with E-state index in [1.807, 2.05) is 0 Å². The predicted molar refractivity (Wildman–Crippen MR) is 148 cm³/mol. The number of nitro groups is 2. The molecule has 4 amide bonds. The standard InChI is InChI=1S/2C13H10FN3O4/c2*14-9-3-1-2-4-10(9)15-13(19)16-11-6-5-8(17(20)21)7-12(11)18/h2*1-7,18H,(H2,15,16,19). The van der Waals surface area contributed by atoms with E-state index in [2.05, 4.69) is 21.3 Å².